The minimum absolute atomic E-state index is 0.0588. The van der Waals surface area contributed by atoms with Crippen LogP contribution in [-0.2, 0) is 14.3 Å². The Morgan fingerprint density at radius 1 is 1.32 bits per heavy atom. The Kier molecular flexibility index (Phi) is 3.73. The Balaban J connectivity index is 1.58. The molecule has 3 heterocycles. The lowest BCUT2D eigenvalue weighted by Gasteiger charge is -2.42. The minimum atomic E-state index is 0.0588. The van der Waals surface area contributed by atoms with Gasteiger partial charge < -0.3 is 15.0 Å². The molecular formula is C14H22N2O3. The van der Waals surface area contributed by atoms with Gasteiger partial charge >= 0.3 is 0 Å². The summed E-state index contributed by atoms with van der Waals surface area (Å²) >= 11 is 0. The van der Waals surface area contributed by atoms with Gasteiger partial charge in [-0.25, -0.2) is 0 Å². The number of likely N-dealkylation sites (tertiary alicyclic amines) is 1. The predicted molar refractivity (Wildman–Crippen MR) is 69.4 cm³/mol. The highest BCUT2D eigenvalue weighted by molar-refractivity contribution is 5.80. The third kappa shape index (κ3) is 2.76. The molecule has 19 heavy (non-hydrogen) atoms. The summed E-state index contributed by atoms with van der Waals surface area (Å²) in [6.45, 7) is 2.96. The molecule has 3 atom stereocenters. The number of hydrogen-bond donors (Lipinski definition) is 1. The monoisotopic (exact) mass is 266 g/mol. The second-order valence-electron chi connectivity index (χ2n) is 5.96. The van der Waals surface area contributed by atoms with Gasteiger partial charge in [-0.15, -0.1) is 0 Å². The zero-order valence-electron chi connectivity index (χ0n) is 11.3. The Morgan fingerprint density at radius 3 is 3.00 bits per heavy atom. The fourth-order valence-corrected chi connectivity index (χ4v) is 3.50. The molecule has 0 aromatic rings. The van der Waals surface area contributed by atoms with E-state index < -0.39 is 0 Å². The van der Waals surface area contributed by atoms with Gasteiger partial charge in [-0.2, -0.15) is 0 Å². The summed E-state index contributed by atoms with van der Waals surface area (Å²) < 4.78 is 5.41. The Bertz CT molecular complexity index is 366. The maximum absolute atomic E-state index is 12.5. The number of fused-ring (bicyclic) bond motifs is 1. The standard InChI is InChI=1S/C14H22N2O3/c17-13-4-3-10-8-16(6-5-12(10)15-13)14(18)11-2-1-7-19-9-11/h10-12H,1-9H2,(H,15,17). The van der Waals surface area contributed by atoms with Crippen LogP contribution >= 0.6 is 0 Å². The van der Waals surface area contributed by atoms with Gasteiger partial charge in [0, 0.05) is 32.2 Å². The van der Waals surface area contributed by atoms with Crippen LogP contribution < -0.4 is 5.32 Å². The van der Waals surface area contributed by atoms with Crippen molar-refractivity contribution in [3.63, 3.8) is 0 Å². The zero-order valence-corrected chi connectivity index (χ0v) is 11.3. The molecule has 3 fully saturated rings. The van der Waals surface area contributed by atoms with Gasteiger partial charge in [0.2, 0.25) is 11.8 Å². The molecule has 0 aromatic heterocycles. The second-order valence-corrected chi connectivity index (χ2v) is 5.96. The maximum atomic E-state index is 12.5. The summed E-state index contributed by atoms with van der Waals surface area (Å²) in [6, 6.07) is 0.285. The van der Waals surface area contributed by atoms with E-state index in [1.165, 1.54) is 0 Å². The summed E-state index contributed by atoms with van der Waals surface area (Å²) in [7, 11) is 0. The number of ether oxygens (including phenoxy) is 1. The number of rotatable bonds is 1. The third-order valence-corrected chi connectivity index (χ3v) is 4.64. The number of carbonyl (C=O) groups is 2. The van der Waals surface area contributed by atoms with Crippen LogP contribution in [-0.4, -0.2) is 49.1 Å². The first-order valence-electron chi connectivity index (χ1n) is 7.40. The van der Waals surface area contributed by atoms with Crippen LogP contribution in [0.5, 0.6) is 0 Å². The first kappa shape index (κ1) is 12.9. The van der Waals surface area contributed by atoms with E-state index in [1.54, 1.807) is 0 Å². The van der Waals surface area contributed by atoms with E-state index in [0.717, 1.165) is 45.4 Å². The van der Waals surface area contributed by atoms with Crippen LogP contribution in [0.25, 0.3) is 0 Å². The molecule has 0 spiro atoms. The smallest absolute Gasteiger partial charge is 0.228 e. The van der Waals surface area contributed by atoms with E-state index >= 15 is 0 Å². The summed E-state index contributed by atoms with van der Waals surface area (Å²) in [5, 5.41) is 3.06. The highest BCUT2D eigenvalue weighted by Crippen LogP contribution is 2.27. The first-order valence-corrected chi connectivity index (χ1v) is 7.40. The molecule has 5 nitrogen and oxygen atoms in total. The lowest BCUT2D eigenvalue weighted by Crippen LogP contribution is -2.56. The number of amides is 2. The van der Waals surface area contributed by atoms with Crippen molar-refractivity contribution >= 4 is 11.8 Å². The van der Waals surface area contributed by atoms with Crippen molar-refractivity contribution in [3.05, 3.63) is 0 Å². The molecule has 0 aromatic carbocycles. The lowest BCUT2D eigenvalue weighted by molar-refractivity contribution is -0.142. The molecule has 0 radical (unpaired) electrons. The van der Waals surface area contributed by atoms with E-state index in [-0.39, 0.29) is 23.8 Å². The largest absolute Gasteiger partial charge is 0.381 e. The van der Waals surface area contributed by atoms with Gasteiger partial charge in [-0.05, 0) is 31.6 Å². The molecule has 3 aliphatic heterocycles. The molecule has 5 heteroatoms. The van der Waals surface area contributed by atoms with Crippen molar-refractivity contribution in [2.45, 2.75) is 38.1 Å². The fraction of sp³-hybridized carbons (Fsp3) is 0.857. The Morgan fingerprint density at radius 2 is 2.21 bits per heavy atom. The third-order valence-electron chi connectivity index (χ3n) is 4.64. The summed E-state index contributed by atoms with van der Waals surface area (Å²) in [4.78, 5) is 25.8. The van der Waals surface area contributed by atoms with Crippen LogP contribution in [0.15, 0.2) is 0 Å². The molecule has 2 amide bonds. The Labute approximate surface area is 113 Å². The molecular weight excluding hydrogens is 244 g/mol. The molecule has 3 unspecified atom stereocenters. The van der Waals surface area contributed by atoms with Gasteiger partial charge in [-0.1, -0.05) is 0 Å². The number of nitrogens with one attached hydrogen (secondary N) is 1. The molecule has 3 rings (SSSR count). The van der Waals surface area contributed by atoms with Crippen molar-refractivity contribution in [3.8, 4) is 0 Å². The number of piperidine rings is 2. The molecule has 0 saturated carbocycles. The van der Waals surface area contributed by atoms with Crippen molar-refractivity contribution in [2.24, 2.45) is 11.8 Å². The highest BCUT2D eigenvalue weighted by Gasteiger charge is 2.37. The van der Waals surface area contributed by atoms with Gasteiger partial charge in [0.15, 0.2) is 0 Å². The van der Waals surface area contributed by atoms with E-state index in [9.17, 15) is 9.59 Å². The SMILES string of the molecule is O=C1CCC2CN(C(=O)C3CCCOC3)CCC2N1. The van der Waals surface area contributed by atoms with Crippen molar-refractivity contribution < 1.29 is 14.3 Å². The number of nitrogens with zero attached hydrogens (tertiary/aromatic N) is 1. The van der Waals surface area contributed by atoms with Gasteiger partial charge in [0.1, 0.15) is 0 Å². The van der Waals surface area contributed by atoms with Crippen molar-refractivity contribution in [1.29, 1.82) is 0 Å². The van der Waals surface area contributed by atoms with Crippen LogP contribution in [0.2, 0.25) is 0 Å². The first-order chi connectivity index (χ1) is 9.24. The summed E-state index contributed by atoms with van der Waals surface area (Å²) in [5.74, 6) is 0.931. The summed E-state index contributed by atoms with van der Waals surface area (Å²) in [6.07, 6.45) is 4.37. The van der Waals surface area contributed by atoms with Crippen LogP contribution in [0.3, 0.4) is 0 Å². The highest BCUT2D eigenvalue weighted by atomic mass is 16.5. The van der Waals surface area contributed by atoms with Crippen LogP contribution in [0.1, 0.15) is 32.1 Å². The molecule has 1 N–H and O–H groups in total. The number of carbonyl (C=O) groups excluding carboxylic acids is 2. The van der Waals surface area contributed by atoms with E-state index in [4.69, 9.17) is 4.74 Å². The normalized spacial score (nSPS) is 35.5. The molecule has 0 aliphatic carbocycles. The van der Waals surface area contributed by atoms with Gasteiger partial charge in [0.25, 0.3) is 0 Å². The van der Waals surface area contributed by atoms with Crippen LogP contribution in [0.4, 0.5) is 0 Å². The molecule has 3 saturated heterocycles. The quantitative estimate of drug-likeness (QED) is 0.753. The zero-order chi connectivity index (χ0) is 13.2. The number of hydrogen-bond acceptors (Lipinski definition) is 3. The summed E-state index contributed by atoms with van der Waals surface area (Å²) in [5.41, 5.74) is 0. The Hall–Kier alpha value is -1.10. The van der Waals surface area contributed by atoms with Crippen molar-refractivity contribution in [1.82, 2.24) is 10.2 Å². The average Bonchev–Trinajstić information content (AvgIpc) is 2.47. The van der Waals surface area contributed by atoms with E-state index in [2.05, 4.69) is 5.32 Å². The second kappa shape index (κ2) is 5.49. The minimum Gasteiger partial charge on any atom is -0.381 e. The molecule has 3 aliphatic rings. The molecule has 106 valence electrons. The van der Waals surface area contributed by atoms with Crippen molar-refractivity contribution in [2.75, 3.05) is 26.3 Å². The predicted octanol–water partition coefficient (Wildman–Crippen LogP) is 0.540. The lowest BCUT2D eigenvalue weighted by atomic mass is 9.84. The van der Waals surface area contributed by atoms with Gasteiger partial charge in [0.05, 0.1) is 12.5 Å². The average molecular weight is 266 g/mol. The topological polar surface area (TPSA) is 58.6 Å². The van der Waals surface area contributed by atoms with E-state index in [1.807, 2.05) is 4.90 Å². The van der Waals surface area contributed by atoms with Gasteiger partial charge in [-0.3, -0.25) is 9.59 Å². The van der Waals surface area contributed by atoms with E-state index in [0.29, 0.717) is 18.9 Å². The molecule has 0 bridgehead atoms. The maximum Gasteiger partial charge on any atom is 0.228 e. The van der Waals surface area contributed by atoms with Crippen LogP contribution in [0, 0.1) is 11.8 Å². The fourth-order valence-electron chi connectivity index (χ4n) is 3.50.